The number of aliphatic hydroxyl groups is 1. The average molecular weight is 289 g/mol. The molecule has 0 spiro atoms. The highest BCUT2D eigenvalue weighted by Crippen LogP contribution is 2.33. The number of amides is 1. The van der Waals surface area contributed by atoms with E-state index in [0.29, 0.717) is 17.7 Å². The SMILES string of the molecule is Cc1cc(C(=O)N2C[C@H](O)C[C@H]2c2ccc(F)cc2)co1. The summed E-state index contributed by atoms with van der Waals surface area (Å²) in [5.74, 6) is 0.162. The number of halogens is 1. The highest BCUT2D eigenvalue weighted by atomic mass is 19.1. The van der Waals surface area contributed by atoms with Gasteiger partial charge < -0.3 is 14.4 Å². The van der Waals surface area contributed by atoms with Crippen molar-refractivity contribution in [2.75, 3.05) is 6.54 Å². The fourth-order valence-corrected chi connectivity index (χ4v) is 2.76. The first kappa shape index (κ1) is 13.8. The Labute approximate surface area is 121 Å². The molecule has 1 saturated heterocycles. The monoisotopic (exact) mass is 289 g/mol. The molecule has 1 aromatic carbocycles. The molecule has 1 aliphatic heterocycles. The third-order valence-electron chi connectivity index (χ3n) is 3.77. The Hall–Kier alpha value is -2.14. The number of rotatable bonds is 2. The number of aliphatic hydroxyl groups excluding tert-OH is 1. The highest BCUT2D eigenvalue weighted by Gasteiger charge is 2.36. The number of furan rings is 1. The first-order valence-electron chi connectivity index (χ1n) is 6.84. The maximum Gasteiger partial charge on any atom is 0.257 e. The quantitative estimate of drug-likeness (QED) is 0.924. The number of aryl methyl sites for hydroxylation is 1. The first-order valence-corrected chi connectivity index (χ1v) is 6.84. The lowest BCUT2D eigenvalue weighted by Crippen LogP contribution is -2.31. The molecular formula is C16H16FNO3. The summed E-state index contributed by atoms with van der Waals surface area (Å²) in [6.45, 7) is 2.04. The molecular weight excluding hydrogens is 273 g/mol. The van der Waals surface area contributed by atoms with E-state index < -0.39 is 6.10 Å². The molecule has 2 aromatic rings. The van der Waals surface area contributed by atoms with Crippen molar-refractivity contribution in [1.82, 2.24) is 4.90 Å². The average Bonchev–Trinajstić information content (AvgIpc) is 3.05. The van der Waals surface area contributed by atoms with Crippen LogP contribution in [0.4, 0.5) is 4.39 Å². The van der Waals surface area contributed by atoms with E-state index in [-0.39, 0.29) is 24.3 Å². The fraction of sp³-hybridized carbons (Fsp3) is 0.312. The smallest absolute Gasteiger partial charge is 0.257 e. The molecule has 21 heavy (non-hydrogen) atoms. The van der Waals surface area contributed by atoms with Gasteiger partial charge in [0, 0.05) is 6.54 Å². The van der Waals surface area contributed by atoms with Crippen LogP contribution in [0.2, 0.25) is 0 Å². The minimum atomic E-state index is -0.572. The van der Waals surface area contributed by atoms with Gasteiger partial charge in [-0.15, -0.1) is 0 Å². The third kappa shape index (κ3) is 2.69. The maximum absolute atomic E-state index is 13.0. The van der Waals surface area contributed by atoms with E-state index in [1.165, 1.54) is 18.4 Å². The van der Waals surface area contributed by atoms with Crippen molar-refractivity contribution < 1.29 is 18.7 Å². The molecule has 0 saturated carbocycles. The van der Waals surface area contributed by atoms with Crippen LogP contribution in [0.15, 0.2) is 41.0 Å². The van der Waals surface area contributed by atoms with E-state index in [0.717, 1.165) is 5.56 Å². The van der Waals surface area contributed by atoms with Crippen LogP contribution in [-0.2, 0) is 0 Å². The molecule has 4 nitrogen and oxygen atoms in total. The Morgan fingerprint density at radius 3 is 2.71 bits per heavy atom. The van der Waals surface area contributed by atoms with Crippen LogP contribution >= 0.6 is 0 Å². The topological polar surface area (TPSA) is 53.7 Å². The molecule has 3 rings (SSSR count). The van der Waals surface area contributed by atoms with Gasteiger partial charge in [-0.05, 0) is 37.1 Å². The number of nitrogens with zero attached hydrogens (tertiary/aromatic N) is 1. The number of carbonyl (C=O) groups excluding carboxylic acids is 1. The van der Waals surface area contributed by atoms with Gasteiger partial charge in [0.25, 0.3) is 5.91 Å². The second-order valence-corrected chi connectivity index (χ2v) is 5.36. The Morgan fingerprint density at radius 2 is 2.10 bits per heavy atom. The lowest BCUT2D eigenvalue weighted by molar-refractivity contribution is 0.0715. The van der Waals surface area contributed by atoms with Crippen molar-refractivity contribution in [3.05, 3.63) is 59.3 Å². The second-order valence-electron chi connectivity index (χ2n) is 5.36. The summed E-state index contributed by atoms with van der Waals surface area (Å²) in [5, 5.41) is 9.90. The molecule has 0 unspecified atom stereocenters. The van der Waals surface area contributed by atoms with Crippen LogP contribution < -0.4 is 0 Å². The van der Waals surface area contributed by atoms with E-state index in [2.05, 4.69) is 0 Å². The van der Waals surface area contributed by atoms with Gasteiger partial charge in [0.15, 0.2) is 0 Å². The van der Waals surface area contributed by atoms with Crippen molar-refractivity contribution >= 4 is 5.91 Å². The molecule has 1 fully saturated rings. The number of likely N-dealkylation sites (tertiary alicyclic amines) is 1. The summed E-state index contributed by atoms with van der Waals surface area (Å²) in [4.78, 5) is 14.2. The van der Waals surface area contributed by atoms with E-state index >= 15 is 0 Å². The lowest BCUT2D eigenvalue weighted by atomic mass is 10.0. The first-order chi connectivity index (χ1) is 10.0. The van der Waals surface area contributed by atoms with Crippen molar-refractivity contribution in [2.24, 2.45) is 0 Å². The van der Waals surface area contributed by atoms with E-state index in [1.54, 1.807) is 30.0 Å². The molecule has 0 bridgehead atoms. The van der Waals surface area contributed by atoms with Crippen molar-refractivity contribution in [1.29, 1.82) is 0 Å². The standard InChI is InChI=1S/C16H16FNO3/c1-10-6-12(9-21-10)16(20)18-8-14(19)7-15(18)11-2-4-13(17)5-3-11/h2-6,9,14-15,19H,7-8H2,1H3/t14-,15+/m1/s1. The zero-order valence-corrected chi connectivity index (χ0v) is 11.6. The number of carbonyl (C=O) groups is 1. The zero-order chi connectivity index (χ0) is 15.0. The van der Waals surface area contributed by atoms with Gasteiger partial charge in [0.05, 0.1) is 17.7 Å². The van der Waals surface area contributed by atoms with E-state index in [1.807, 2.05) is 0 Å². The molecule has 1 aliphatic rings. The molecule has 1 aromatic heterocycles. The molecule has 110 valence electrons. The van der Waals surface area contributed by atoms with Gasteiger partial charge in [-0.25, -0.2) is 4.39 Å². The number of hydrogen-bond donors (Lipinski definition) is 1. The van der Waals surface area contributed by atoms with E-state index in [9.17, 15) is 14.3 Å². The van der Waals surface area contributed by atoms with Gasteiger partial charge in [-0.3, -0.25) is 4.79 Å². The number of hydrogen-bond acceptors (Lipinski definition) is 3. The predicted molar refractivity (Wildman–Crippen MR) is 74.2 cm³/mol. The highest BCUT2D eigenvalue weighted by molar-refractivity contribution is 5.94. The summed E-state index contributed by atoms with van der Waals surface area (Å²) in [7, 11) is 0. The minimum absolute atomic E-state index is 0.183. The molecule has 2 atom stereocenters. The van der Waals surface area contributed by atoms with Crippen molar-refractivity contribution in [3.63, 3.8) is 0 Å². The van der Waals surface area contributed by atoms with Crippen LogP contribution in [0, 0.1) is 12.7 Å². The molecule has 5 heteroatoms. The van der Waals surface area contributed by atoms with Crippen LogP contribution in [0.25, 0.3) is 0 Å². The van der Waals surface area contributed by atoms with Crippen LogP contribution in [-0.4, -0.2) is 28.6 Å². The van der Waals surface area contributed by atoms with Gasteiger partial charge in [0.2, 0.25) is 0 Å². The molecule has 0 aliphatic carbocycles. The van der Waals surface area contributed by atoms with Crippen LogP contribution in [0.3, 0.4) is 0 Å². The summed E-state index contributed by atoms with van der Waals surface area (Å²) >= 11 is 0. The molecule has 2 heterocycles. The predicted octanol–water partition coefficient (Wildman–Crippen LogP) is 2.68. The van der Waals surface area contributed by atoms with Gasteiger partial charge in [-0.1, -0.05) is 12.1 Å². The Kier molecular flexibility index (Phi) is 3.51. The zero-order valence-electron chi connectivity index (χ0n) is 11.6. The Morgan fingerprint density at radius 1 is 1.38 bits per heavy atom. The summed E-state index contributed by atoms with van der Waals surface area (Å²) in [5.41, 5.74) is 1.29. The lowest BCUT2D eigenvalue weighted by Gasteiger charge is -2.24. The fourth-order valence-electron chi connectivity index (χ4n) is 2.76. The summed E-state index contributed by atoms with van der Waals surface area (Å²) in [6.07, 6.45) is 1.30. The van der Waals surface area contributed by atoms with Crippen LogP contribution in [0.5, 0.6) is 0 Å². The van der Waals surface area contributed by atoms with E-state index in [4.69, 9.17) is 4.42 Å². The van der Waals surface area contributed by atoms with Gasteiger partial charge in [-0.2, -0.15) is 0 Å². The third-order valence-corrected chi connectivity index (χ3v) is 3.77. The Bertz CT molecular complexity index is 650. The number of benzene rings is 1. The molecule has 0 radical (unpaired) electrons. The summed E-state index contributed by atoms with van der Waals surface area (Å²) in [6, 6.07) is 7.46. The van der Waals surface area contributed by atoms with Gasteiger partial charge in [0.1, 0.15) is 17.8 Å². The normalized spacial score (nSPS) is 21.8. The van der Waals surface area contributed by atoms with Crippen molar-refractivity contribution in [2.45, 2.75) is 25.5 Å². The maximum atomic E-state index is 13.0. The number of β-amino-alcohol motifs (C(OH)–C–C–N with tert-alkyl or cyclic N) is 1. The molecule has 1 amide bonds. The van der Waals surface area contributed by atoms with Gasteiger partial charge >= 0.3 is 0 Å². The Balaban J connectivity index is 1.88. The minimum Gasteiger partial charge on any atom is -0.469 e. The summed E-state index contributed by atoms with van der Waals surface area (Å²) < 4.78 is 18.2. The molecule has 1 N–H and O–H groups in total. The largest absolute Gasteiger partial charge is 0.469 e. The van der Waals surface area contributed by atoms with Crippen molar-refractivity contribution in [3.8, 4) is 0 Å². The second kappa shape index (κ2) is 5.33. The van der Waals surface area contributed by atoms with Crippen LogP contribution in [0.1, 0.15) is 34.1 Å².